The van der Waals surface area contributed by atoms with E-state index < -0.39 is 0 Å². The van der Waals surface area contributed by atoms with Crippen LogP contribution in [0.5, 0.6) is 5.75 Å². The largest absolute Gasteiger partial charge is 0.507 e. The van der Waals surface area contributed by atoms with Crippen LogP contribution >= 0.6 is 0 Å². The quantitative estimate of drug-likeness (QED) is 0.789. The van der Waals surface area contributed by atoms with E-state index in [0.717, 1.165) is 12.0 Å². The molecular weight excluding hydrogens is 206 g/mol. The highest BCUT2D eigenvalue weighted by Gasteiger charge is 2.19. The van der Waals surface area contributed by atoms with Crippen molar-refractivity contribution in [2.75, 3.05) is 13.2 Å². The second-order valence-electron chi connectivity index (χ2n) is 4.05. The van der Waals surface area contributed by atoms with Crippen LogP contribution in [0.1, 0.15) is 22.3 Å². The zero-order valence-corrected chi connectivity index (χ0v) is 9.19. The van der Waals surface area contributed by atoms with Crippen molar-refractivity contribution in [3.05, 3.63) is 29.3 Å². The molecule has 1 aromatic carbocycles. The van der Waals surface area contributed by atoms with Crippen molar-refractivity contribution < 1.29 is 14.6 Å². The number of hydrogen-bond donors (Lipinski definition) is 2. The van der Waals surface area contributed by atoms with E-state index in [1.165, 1.54) is 0 Å². The Hall–Kier alpha value is -1.55. The Labute approximate surface area is 94.2 Å². The fraction of sp³-hybridized carbons (Fsp3) is 0.417. The minimum absolute atomic E-state index is 0.0245. The van der Waals surface area contributed by atoms with Gasteiger partial charge >= 0.3 is 0 Å². The van der Waals surface area contributed by atoms with Gasteiger partial charge in [0.05, 0.1) is 18.2 Å². The smallest absolute Gasteiger partial charge is 0.255 e. The topological polar surface area (TPSA) is 58.6 Å². The van der Waals surface area contributed by atoms with Crippen molar-refractivity contribution >= 4 is 5.91 Å². The highest BCUT2D eigenvalue weighted by atomic mass is 16.5. The maximum atomic E-state index is 11.8. The lowest BCUT2D eigenvalue weighted by Gasteiger charge is -2.11. The molecular formula is C12H15NO3. The third-order valence-electron chi connectivity index (χ3n) is 2.66. The van der Waals surface area contributed by atoms with Gasteiger partial charge in [0.15, 0.2) is 0 Å². The molecule has 1 aromatic rings. The van der Waals surface area contributed by atoms with Crippen molar-refractivity contribution in [2.45, 2.75) is 19.4 Å². The van der Waals surface area contributed by atoms with E-state index in [2.05, 4.69) is 5.32 Å². The first-order valence-electron chi connectivity index (χ1n) is 5.35. The Balaban J connectivity index is 2.08. The van der Waals surface area contributed by atoms with E-state index in [4.69, 9.17) is 4.74 Å². The predicted octanol–water partition coefficient (Wildman–Crippen LogP) is 1.22. The molecule has 1 fully saturated rings. The van der Waals surface area contributed by atoms with Crippen LogP contribution in [0.15, 0.2) is 18.2 Å². The third kappa shape index (κ3) is 2.33. The van der Waals surface area contributed by atoms with Crippen molar-refractivity contribution in [3.63, 3.8) is 0 Å². The summed E-state index contributed by atoms with van der Waals surface area (Å²) in [5.41, 5.74) is 1.25. The molecule has 0 spiro atoms. The number of carbonyl (C=O) groups is 1. The molecule has 1 saturated heterocycles. The normalized spacial score (nSPS) is 19.7. The van der Waals surface area contributed by atoms with Crippen LogP contribution < -0.4 is 5.32 Å². The van der Waals surface area contributed by atoms with E-state index in [0.29, 0.717) is 18.8 Å². The molecule has 16 heavy (non-hydrogen) atoms. The first-order valence-corrected chi connectivity index (χ1v) is 5.35. The zero-order valence-electron chi connectivity index (χ0n) is 9.19. The number of carbonyl (C=O) groups excluding carboxylic acids is 1. The number of rotatable bonds is 2. The molecule has 0 aromatic heterocycles. The van der Waals surface area contributed by atoms with E-state index in [-0.39, 0.29) is 17.7 Å². The van der Waals surface area contributed by atoms with E-state index >= 15 is 0 Å². The number of amides is 1. The van der Waals surface area contributed by atoms with Crippen molar-refractivity contribution in [1.29, 1.82) is 0 Å². The number of hydrogen-bond acceptors (Lipinski definition) is 3. The standard InChI is InChI=1S/C12H15NO3/c1-8-2-3-10(11(14)6-8)12(15)13-9-4-5-16-7-9/h2-3,6,9,14H,4-5,7H2,1H3,(H,13,15). The van der Waals surface area contributed by atoms with E-state index in [1.807, 2.05) is 6.92 Å². The first-order chi connectivity index (χ1) is 7.66. The molecule has 1 atom stereocenters. The number of nitrogens with one attached hydrogen (secondary N) is 1. The summed E-state index contributed by atoms with van der Waals surface area (Å²) in [5, 5.41) is 12.5. The summed E-state index contributed by atoms with van der Waals surface area (Å²) in [6.07, 6.45) is 0.832. The Morgan fingerprint density at radius 2 is 2.38 bits per heavy atom. The third-order valence-corrected chi connectivity index (χ3v) is 2.66. The van der Waals surface area contributed by atoms with Gasteiger partial charge in [-0.15, -0.1) is 0 Å². The summed E-state index contributed by atoms with van der Waals surface area (Å²) in [6.45, 7) is 3.11. The first kappa shape index (κ1) is 11.0. The van der Waals surface area contributed by atoms with Crippen LogP contribution in [0.3, 0.4) is 0 Å². The highest BCUT2D eigenvalue weighted by molar-refractivity contribution is 5.97. The van der Waals surface area contributed by atoms with Gasteiger partial charge in [0.2, 0.25) is 0 Å². The zero-order chi connectivity index (χ0) is 11.5. The van der Waals surface area contributed by atoms with Crippen LogP contribution in [0.2, 0.25) is 0 Å². The molecule has 1 aliphatic heterocycles. The maximum absolute atomic E-state index is 11.8. The summed E-state index contributed by atoms with van der Waals surface area (Å²) in [6, 6.07) is 5.09. The van der Waals surface area contributed by atoms with Gasteiger partial charge in [-0.05, 0) is 31.0 Å². The van der Waals surface area contributed by atoms with Gasteiger partial charge in [-0.25, -0.2) is 0 Å². The molecule has 2 rings (SSSR count). The minimum Gasteiger partial charge on any atom is -0.507 e. The van der Waals surface area contributed by atoms with Gasteiger partial charge in [-0.2, -0.15) is 0 Å². The molecule has 4 nitrogen and oxygen atoms in total. The molecule has 0 radical (unpaired) electrons. The Kier molecular flexibility index (Phi) is 3.10. The highest BCUT2D eigenvalue weighted by Crippen LogP contribution is 2.18. The molecule has 4 heteroatoms. The molecule has 1 aliphatic rings. The van der Waals surface area contributed by atoms with Gasteiger partial charge in [0, 0.05) is 6.61 Å². The fourth-order valence-corrected chi connectivity index (χ4v) is 1.75. The lowest BCUT2D eigenvalue weighted by atomic mass is 10.1. The van der Waals surface area contributed by atoms with E-state index in [9.17, 15) is 9.90 Å². The number of aryl methyl sites for hydroxylation is 1. The number of phenolic OH excluding ortho intramolecular Hbond substituents is 1. The number of ether oxygens (including phenoxy) is 1. The summed E-state index contributed by atoms with van der Waals surface area (Å²) < 4.78 is 5.17. The van der Waals surface area contributed by atoms with Gasteiger partial charge in [0.1, 0.15) is 5.75 Å². The monoisotopic (exact) mass is 221 g/mol. The number of benzene rings is 1. The molecule has 1 heterocycles. The van der Waals surface area contributed by atoms with Crippen molar-refractivity contribution in [1.82, 2.24) is 5.32 Å². The Bertz CT molecular complexity index is 397. The van der Waals surface area contributed by atoms with Gasteiger partial charge in [-0.1, -0.05) is 6.07 Å². The lowest BCUT2D eigenvalue weighted by Crippen LogP contribution is -2.35. The average molecular weight is 221 g/mol. The molecule has 0 aliphatic carbocycles. The lowest BCUT2D eigenvalue weighted by molar-refractivity contribution is 0.0927. The van der Waals surface area contributed by atoms with Crippen LogP contribution in [0.4, 0.5) is 0 Å². The molecule has 1 amide bonds. The summed E-state index contributed by atoms with van der Waals surface area (Å²) in [5.74, 6) is -0.218. The fourth-order valence-electron chi connectivity index (χ4n) is 1.75. The summed E-state index contributed by atoms with van der Waals surface area (Å²) in [4.78, 5) is 11.8. The predicted molar refractivity (Wildman–Crippen MR) is 59.5 cm³/mol. The summed E-state index contributed by atoms with van der Waals surface area (Å²) in [7, 11) is 0. The van der Waals surface area contributed by atoms with Gasteiger partial charge in [-0.3, -0.25) is 4.79 Å². The van der Waals surface area contributed by atoms with Crippen molar-refractivity contribution in [2.24, 2.45) is 0 Å². The summed E-state index contributed by atoms with van der Waals surface area (Å²) >= 11 is 0. The van der Waals surface area contributed by atoms with E-state index in [1.54, 1.807) is 18.2 Å². The maximum Gasteiger partial charge on any atom is 0.255 e. The number of phenols is 1. The number of aromatic hydroxyl groups is 1. The molecule has 2 N–H and O–H groups in total. The minimum atomic E-state index is -0.243. The molecule has 0 bridgehead atoms. The van der Waals surface area contributed by atoms with Crippen LogP contribution in [-0.2, 0) is 4.74 Å². The second-order valence-corrected chi connectivity index (χ2v) is 4.05. The Morgan fingerprint density at radius 3 is 3.00 bits per heavy atom. The van der Waals surface area contributed by atoms with Gasteiger partial charge in [0.25, 0.3) is 5.91 Å². The average Bonchev–Trinajstić information content (AvgIpc) is 2.70. The van der Waals surface area contributed by atoms with Crippen LogP contribution in [-0.4, -0.2) is 30.3 Å². The SMILES string of the molecule is Cc1ccc(C(=O)NC2CCOC2)c(O)c1. The van der Waals surface area contributed by atoms with Crippen molar-refractivity contribution in [3.8, 4) is 5.75 Å². The molecule has 0 saturated carbocycles. The van der Waals surface area contributed by atoms with Crippen LogP contribution in [0, 0.1) is 6.92 Å². The Morgan fingerprint density at radius 1 is 1.56 bits per heavy atom. The second kappa shape index (κ2) is 4.53. The van der Waals surface area contributed by atoms with Gasteiger partial charge < -0.3 is 15.2 Å². The molecule has 1 unspecified atom stereocenters. The van der Waals surface area contributed by atoms with Crippen LogP contribution in [0.25, 0.3) is 0 Å². The molecule has 86 valence electrons.